The molecular formula is C10H12ClNO2. The minimum Gasteiger partial charge on any atom is -0.371 e. The largest absolute Gasteiger partial charge is 0.371 e. The minimum absolute atomic E-state index is 0.0548. The monoisotopic (exact) mass is 213 g/mol. The van der Waals surface area contributed by atoms with Crippen molar-refractivity contribution in [3.05, 3.63) is 29.0 Å². The number of rotatable bonds is 4. The Bertz CT molecular complexity index is 308. The van der Waals surface area contributed by atoms with Crippen LogP contribution in [0.25, 0.3) is 0 Å². The topological polar surface area (TPSA) is 39.2 Å². The van der Waals surface area contributed by atoms with Crippen LogP contribution in [0.2, 0.25) is 5.15 Å². The summed E-state index contributed by atoms with van der Waals surface area (Å²) in [5, 5.41) is 0.381. The van der Waals surface area contributed by atoms with Gasteiger partial charge < -0.3 is 4.74 Å². The van der Waals surface area contributed by atoms with Crippen LogP contribution >= 0.6 is 11.6 Å². The molecule has 0 aliphatic heterocycles. The summed E-state index contributed by atoms with van der Waals surface area (Å²) in [6.07, 6.45) is 1.51. The molecule has 0 fully saturated rings. The van der Waals surface area contributed by atoms with Crippen molar-refractivity contribution in [1.29, 1.82) is 0 Å². The maximum absolute atomic E-state index is 11.5. The van der Waals surface area contributed by atoms with E-state index in [1.807, 2.05) is 13.8 Å². The number of hydrogen-bond acceptors (Lipinski definition) is 3. The van der Waals surface area contributed by atoms with Gasteiger partial charge in [0.25, 0.3) is 0 Å². The lowest BCUT2D eigenvalue weighted by Crippen LogP contribution is -2.13. The van der Waals surface area contributed by atoms with Crippen LogP contribution < -0.4 is 0 Å². The van der Waals surface area contributed by atoms with Gasteiger partial charge in [0.2, 0.25) is 0 Å². The molecule has 0 amide bonds. The molecule has 4 heteroatoms. The van der Waals surface area contributed by atoms with Crippen LogP contribution in [0, 0.1) is 0 Å². The van der Waals surface area contributed by atoms with Crippen molar-refractivity contribution in [2.75, 3.05) is 6.61 Å². The minimum atomic E-state index is -0.0807. The summed E-state index contributed by atoms with van der Waals surface area (Å²) in [6.45, 7) is 3.85. The van der Waals surface area contributed by atoms with Gasteiger partial charge in [-0.25, -0.2) is 4.98 Å². The molecule has 0 atom stereocenters. The second kappa shape index (κ2) is 5.08. The lowest BCUT2D eigenvalue weighted by atomic mass is 10.2. The summed E-state index contributed by atoms with van der Waals surface area (Å²) in [4.78, 5) is 15.3. The highest BCUT2D eigenvalue weighted by molar-refractivity contribution is 6.29. The number of halogens is 1. The predicted molar refractivity (Wildman–Crippen MR) is 54.7 cm³/mol. The lowest BCUT2D eigenvalue weighted by molar-refractivity contribution is 0.0584. The quantitative estimate of drug-likeness (QED) is 0.569. The van der Waals surface area contributed by atoms with Gasteiger partial charge in [0.05, 0.1) is 6.10 Å². The third-order valence-electron chi connectivity index (χ3n) is 1.60. The van der Waals surface area contributed by atoms with E-state index >= 15 is 0 Å². The van der Waals surface area contributed by atoms with Gasteiger partial charge in [-0.1, -0.05) is 11.6 Å². The van der Waals surface area contributed by atoms with Gasteiger partial charge in [-0.3, -0.25) is 4.79 Å². The molecule has 1 heterocycles. The number of Topliss-reactive ketones (excluding diaryl/α,β-unsaturated/α-hetero) is 1. The first kappa shape index (κ1) is 11.1. The standard InChI is InChI=1S/C10H12ClNO2/c1-7(2)14-6-9(13)8-3-4-10(11)12-5-8/h3-5,7H,6H2,1-2H3. The molecule has 1 rings (SSSR count). The molecule has 1 aromatic rings. The number of aromatic nitrogens is 1. The van der Waals surface area contributed by atoms with E-state index < -0.39 is 0 Å². The van der Waals surface area contributed by atoms with E-state index in [-0.39, 0.29) is 18.5 Å². The van der Waals surface area contributed by atoms with Gasteiger partial charge in [-0.05, 0) is 26.0 Å². The second-order valence-corrected chi connectivity index (χ2v) is 3.54. The molecular weight excluding hydrogens is 202 g/mol. The molecule has 0 aliphatic carbocycles. The number of carbonyl (C=O) groups is 1. The molecule has 3 nitrogen and oxygen atoms in total. The maximum atomic E-state index is 11.5. The molecule has 0 radical (unpaired) electrons. The van der Waals surface area contributed by atoms with Crippen molar-refractivity contribution in [3.8, 4) is 0 Å². The van der Waals surface area contributed by atoms with Gasteiger partial charge in [-0.15, -0.1) is 0 Å². The number of ketones is 1. The Morgan fingerprint density at radius 3 is 2.79 bits per heavy atom. The molecule has 0 aliphatic rings. The zero-order valence-corrected chi connectivity index (χ0v) is 8.91. The Kier molecular flexibility index (Phi) is 4.04. The fraction of sp³-hybridized carbons (Fsp3) is 0.400. The second-order valence-electron chi connectivity index (χ2n) is 3.15. The van der Waals surface area contributed by atoms with Gasteiger partial charge >= 0.3 is 0 Å². The summed E-state index contributed by atoms with van der Waals surface area (Å²) < 4.78 is 5.18. The summed E-state index contributed by atoms with van der Waals surface area (Å²) in [5.41, 5.74) is 0.523. The summed E-state index contributed by atoms with van der Waals surface area (Å²) in [7, 11) is 0. The third-order valence-corrected chi connectivity index (χ3v) is 1.82. The SMILES string of the molecule is CC(C)OCC(=O)c1ccc(Cl)nc1. The first-order valence-corrected chi connectivity index (χ1v) is 4.73. The molecule has 0 bridgehead atoms. The zero-order chi connectivity index (χ0) is 10.6. The molecule has 0 unspecified atom stereocenters. The number of pyridine rings is 1. The van der Waals surface area contributed by atoms with Crippen LogP contribution in [0.4, 0.5) is 0 Å². The van der Waals surface area contributed by atoms with Crippen LogP contribution in [-0.2, 0) is 4.74 Å². The Morgan fingerprint density at radius 2 is 2.29 bits per heavy atom. The molecule has 0 saturated heterocycles. The van der Waals surface area contributed by atoms with Crippen molar-refractivity contribution >= 4 is 17.4 Å². The normalized spacial score (nSPS) is 10.6. The van der Waals surface area contributed by atoms with Gasteiger partial charge in [-0.2, -0.15) is 0 Å². The molecule has 0 aromatic carbocycles. The van der Waals surface area contributed by atoms with E-state index in [0.29, 0.717) is 10.7 Å². The van der Waals surface area contributed by atoms with Gasteiger partial charge in [0.1, 0.15) is 11.8 Å². The number of nitrogens with zero attached hydrogens (tertiary/aromatic N) is 1. The van der Waals surface area contributed by atoms with Crippen LogP contribution in [0.3, 0.4) is 0 Å². The highest BCUT2D eigenvalue weighted by atomic mass is 35.5. The average molecular weight is 214 g/mol. The molecule has 1 aromatic heterocycles. The van der Waals surface area contributed by atoms with E-state index in [0.717, 1.165) is 0 Å². The Morgan fingerprint density at radius 1 is 1.57 bits per heavy atom. The smallest absolute Gasteiger partial charge is 0.190 e. The highest BCUT2D eigenvalue weighted by Crippen LogP contribution is 2.06. The van der Waals surface area contributed by atoms with Crippen molar-refractivity contribution in [3.63, 3.8) is 0 Å². The van der Waals surface area contributed by atoms with Crippen molar-refractivity contribution in [2.24, 2.45) is 0 Å². The summed E-state index contributed by atoms with van der Waals surface area (Å²) in [6, 6.07) is 3.23. The molecule has 76 valence electrons. The van der Waals surface area contributed by atoms with Gasteiger partial charge in [0, 0.05) is 11.8 Å². The third kappa shape index (κ3) is 3.44. The zero-order valence-electron chi connectivity index (χ0n) is 8.16. The molecule has 0 N–H and O–H groups in total. The summed E-state index contributed by atoms with van der Waals surface area (Å²) in [5.74, 6) is -0.0807. The molecule has 0 spiro atoms. The number of hydrogen-bond donors (Lipinski definition) is 0. The van der Waals surface area contributed by atoms with Crippen LogP contribution in [0.1, 0.15) is 24.2 Å². The van der Waals surface area contributed by atoms with E-state index in [2.05, 4.69) is 4.98 Å². The van der Waals surface area contributed by atoms with E-state index in [4.69, 9.17) is 16.3 Å². The average Bonchev–Trinajstić information content (AvgIpc) is 2.15. The van der Waals surface area contributed by atoms with Gasteiger partial charge in [0.15, 0.2) is 5.78 Å². The summed E-state index contributed by atoms with van der Waals surface area (Å²) >= 11 is 5.59. The first-order valence-electron chi connectivity index (χ1n) is 4.36. The maximum Gasteiger partial charge on any atom is 0.190 e. The number of ether oxygens (including phenoxy) is 1. The van der Waals surface area contributed by atoms with Crippen LogP contribution in [0.5, 0.6) is 0 Å². The number of carbonyl (C=O) groups excluding carboxylic acids is 1. The van der Waals surface area contributed by atoms with Crippen LogP contribution in [0.15, 0.2) is 18.3 Å². The molecule has 0 saturated carbocycles. The Balaban J connectivity index is 2.57. The van der Waals surface area contributed by atoms with Crippen molar-refractivity contribution in [2.45, 2.75) is 20.0 Å². The van der Waals surface area contributed by atoms with E-state index in [1.165, 1.54) is 6.20 Å². The fourth-order valence-electron chi connectivity index (χ4n) is 0.866. The van der Waals surface area contributed by atoms with E-state index in [9.17, 15) is 4.79 Å². The van der Waals surface area contributed by atoms with Crippen molar-refractivity contribution < 1.29 is 9.53 Å². The highest BCUT2D eigenvalue weighted by Gasteiger charge is 2.07. The Labute approximate surface area is 88.1 Å². The Hall–Kier alpha value is -0.930. The predicted octanol–water partition coefficient (Wildman–Crippen LogP) is 2.34. The fourth-order valence-corrected chi connectivity index (χ4v) is 0.978. The lowest BCUT2D eigenvalue weighted by Gasteiger charge is -2.05. The van der Waals surface area contributed by atoms with Crippen molar-refractivity contribution in [1.82, 2.24) is 4.98 Å². The van der Waals surface area contributed by atoms with E-state index in [1.54, 1.807) is 12.1 Å². The molecule has 14 heavy (non-hydrogen) atoms. The van der Waals surface area contributed by atoms with Crippen LogP contribution in [-0.4, -0.2) is 23.5 Å². The first-order chi connectivity index (χ1) is 6.59.